The number of halogens is 1. The van der Waals surface area contributed by atoms with Crippen LogP contribution in [-0.4, -0.2) is 0 Å². The zero-order valence-corrected chi connectivity index (χ0v) is 7.02. The third-order valence-electron chi connectivity index (χ3n) is 0.870. The van der Waals surface area contributed by atoms with Crippen LogP contribution in [0.3, 0.4) is 0 Å². The van der Waals surface area contributed by atoms with E-state index in [0.717, 1.165) is 10.7 Å². The fourth-order valence-electron chi connectivity index (χ4n) is 0.463. The highest BCUT2D eigenvalue weighted by atomic mass is 35.5. The Hall–Kier alpha value is -0.690. The van der Waals surface area contributed by atoms with E-state index < -0.39 is 0 Å². The van der Waals surface area contributed by atoms with Crippen LogP contribution in [0.5, 0.6) is 0 Å². The summed E-state index contributed by atoms with van der Waals surface area (Å²) in [6.45, 7) is 4.00. The zero-order valence-electron chi connectivity index (χ0n) is 6.26. The van der Waals surface area contributed by atoms with Crippen LogP contribution in [0.25, 0.3) is 0 Å². The summed E-state index contributed by atoms with van der Waals surface area (Å²) in [7, 11) is 0. The van der Waals surface area contributed by atoms with E-state index in [1.165, 1.54) is 0 Å². The molecule has 0 aliphatic carbocycles. The van der Waals surface area contributed by atoms with Gasteiger partial charge in [0.1, 0.15) is 0 Å². The average Bonchev–Trinajstić information content (AvgIpc) is 2.00. The monoisotopic (exact) mass is 157 g/mol. The van der Waals surface area contributed by atoms with Crippen LogP contribution in [0.15, 0.2) is 24.3 Å². The number of benzene rings is 1. The van der Waals surface area contributed by atoms with Gasteiger partial charge in [0, 0.05) is 10.7 Å². The van der Waals surface area contributed by atoms with Gasteiger partial charge in [-0.15, -0.1) is 0 Å². The quantitative estimate of drug-likeness (QED) is 0.576. The predicted molar refractivity (Wildman–Crippen MR) is 47.2 cm³/mol. The zero-order chi connectivity index (χ0) is 7.98. The number of rotatable bonds is 0. The summed E-state index contributed by atoms with van der Waals surface area (Å²) in [5.74, 6) is 0. The standard InChI is InChI=1S/C6H6ClN.C2H6/c7-5-1-3-6(8)4-2-5;1-2/h1-4H,8H2;1-2H3. The summed E-state index contributed by atoms with van der Waals surface area (Å²) in [6, 6.07) is 7.05. The second-order valence-electron chi connectivity index (χ2n) is 1.55. The van der Waals surface area contributed by atoms with E-state index in [1.807, 2.05) is 13.8 Å². The Morgan fingerprint density at radius 3 is 1.80 bits per heavy atom. The van der Waals surface area contributed by atoms with Crippen LogP contribution in [0.4, 0.5) is 5.69 Å². The summed E-state index contributed by atoms with van der Waals surface area (Å²) in [5, 5.41) is 0.721. The van der Waals surface area contributed by atoms with Crippen LogP contribution in [0, 0.1) is 0 Å². The first-order valence-electron chi connectivity index (χ1n) is 3.30. The van der Waals surface area contributed by atoms with E-state index >= 15 is 0 Å². The van der Waals surface area contributed by atoms with Crippen molar-refractivity contribution in [1.29, 1.82) is 0 Å². The highest BCUT2D eigenvalue weighted by molar-refractivity contribution is 6.30. The van der Waals surface area contributed by atoms with Gasteiger partial charge in [0.05, 0.1) is 0 Å². The maximum atomic E-state index is 5.56. The van der Waals surface area contributed by atoms with Crippen molar-refractivity contribution < 1.29 is 0 Å². The lowest BCUT2D eigenvalue weighted by Crippen LogP contribution is -1.80. The van der Waals surface area contributed by atoms with Gasteiger partial charge in [-0.1, -0.05) is 25.4 Å². The van der Waals surface area contributed by atoms with Crippen molar-refractivity contribution in [3.8, 4) is 0 Å². The second kappa shape index (κ2) is 5.12. The SMILES string of the molecule is CC.Nc1ccc(Cl)cc1. The summed E-state index contributed by atoms with van der Waals surface area (Å²) in [6.07, 6.45) is 0. The van der Waals surface area contributed by atoms with Gasteiger partial charge >= 0.3 is 0 Å². The lowest BCUT2D eigenvalue weighted by atomic mass is 10.3. The van der Waals surface area contributed by atoms with Crippen molar-refractivity contribution in [1.82, 2.24) is 0 Å². The van der Waals surface area contributed by atoms with Crippen LogP contribution >= 0.6 is 11.6 Å². The summed E-state index contributed by atoms with van der Waals surface area (Å²) < 4.78 is 0. The van der Waals surface area contributed by atoms with Crippen LogP contribution in [0.2, 0.25) is 5.02 Å². The first-order chi connectivity index (χ1) is 4.79. The molecule has 2 heteroatoms. The fraction of sp³-hybridized carbons (Fsp3) is 0.250. The van der Waals surface area contributed by atoms with E-state index in [-0.39, 0.29) is 0 Å². The van der Waals surface area contributed by atoms with E-state index in [4.69, 9.17) is 17.3 Å². The summed E-state index contributed by atoms with van der Waals surface area (Å²) in [5.41, 5.74) is 6.11. The summed E-state index contributed by atoms with van der Waals surface area (Å²) >= 11 is 5.56. The molecule has 1 aromatic carbocycles. The highest BCUT2D eigenvalue weighted by Gasteiger charge is 1.82. The van der Waals surface area contributed by atoms with Crippen LogP contribution < -0.4 is 5.73 Å². The molecule has 0 aliphatic heterocycles. The Bertz CT molecular complexity index is 148. The number of anilines is 1. The van der Waals surface area contributed by atoms with Crippen LogP contribution in [0.1, 0.15) is 13.8 Å². The lowest BCUT2D eigenvalue weighted by Gasteiger charge is -1.88. The number of nitrogens with two attached hydrogens (primary N) is 1. The molecule has 10 heavy (non-hydrogen) atoms. The molecule has 0 saturated carbocycles. The molecule has 0 amide bonds. The van der Waals surface area contributed by atoms with Gasteiger partial charge < -0.3 is 5.73 Å². The van der Waals surface area contributed by atoms with Gasteiger partial charge in [0.25, 0.3) is 0 Å². The van der Waals surface area contributed by atoms with Crippen molar-refractivity contribution in [3.63, 3.8) is 0 Å². The molecule has 56 valence electrons. The van der Waals surface area contributed by atoms with Gasteiger partial charge in [0.2, 0.25) is 0 Å². The molecular weight excluding hydrogens is 146 g/mol. The molecule has 0 aliphatic rings. The maximum Gasteiger partial charge on any atom is 0.0407 e. The molecule has 1 rings (SSSR count). The molecule has 0 unspecified atom stereocenters. The minimum atomic E-state index is 0.721. The van der Waals surface area contributed by atoms with Gasteiger partial charge in [-0.05, 0) is 24.3 Å². The molecule has 0 saturated heterocycles. The third kappa shape index (κ3) is 3.36. The first kappa shape index (κ1) is 9.31. The molecule has 2 N–H and O–H groups in total. The van der Waals surface area contributed by atoms with E-state index in [9.17, 15) is 0 Å². The molecule has 0 radical (unpaired) electrons. The Kier molecular flexibility index (Phi) is 4.77. The highest BCUT2D eigenvalue weighted by Crippen LogP contribution is 2.09. The Balaban J connectivity index is 0.000000371. The minimum Gasteiger partial charge on any atom is -0.399 e. The van der Waals surface area contributed by atoms with Crippen molar-refractivity contribution >= 4 is 17.3 Å². The van der Waals surface area contributed by atoms with Crippen molar-refractivity contribution in [2.45, 2.75) is 13.8 Å². The molecule has 0 heterocycles. The lowest BCUT2D eigenvalue weighted by molar-refractivity contribution is 1.50. The van der Waals surface area contributed by atoms with Gasteiger partial charge in [-0.2, -0.15) is 0 Å². The topological polar surface area (TPSA) is 26.0 Å². The van der Waals surface area contributed by atoms with Crippen molar-refractivity contribution in [2.24, 2.45) is 0 Å². The van der Waals surface area contributed by atoms with Gasteiger partial charge in [-0.3, -0.25) is 0 Å². The van der Waals surface area contributed by atoms with E-state index in [1.54, 1.807) is 24.3 Å². The molecule has 0 fully saturated rings. The van der Waals surface area contributed by atoms with Gasteiger partial charge in [0.15, 0.2) is 0 Å². The molecule has 0 bridgehead atoms. The second-order valence-corrected chi connectivity index (χ2v) is 1.99. The third-order valence-corrected chi connectivity index (χ3v) is 1.12. The van der Waals surface area contributed by atoms with Crippen LogP contribution in [-0.2, 0) is 0 Å². The van der Waals surface area contributed by atoms with Crippen molar-refractivity contribution in [3.05, 3.63) is 29.3 Å². The number of hydrogen-bond donors (Lipinski definition) is 1. The Morgan fingerprint density at radius 1 is 1.10 bits per heavy atom. The molecule has 1 nitrogen and oxygen atoms in total. The predicted octanol–water partition coefficient (Wildman–Crippen LogP) is 2.95. The van der Waals surface area contributed by atoms with E-state index in [2.05, 4.69) is 0 Å². The summed E-state index contributed by atoms with van der Waals surface area (Å²) in [4.78, 5) is 0. The van der Waals surface area contributed by atoms with E-state index in [0.29, 0.717) is 0 Å². The molecule has 0 atom stereocenters. The molecule has 0 aromatic heterocycles. The molecule has 1 aromatic rings. The van der Waals surface area contributed by atoms with Crippen molar-refractivity contribution in [2.75, 3.05) is 5.73 Å². The number of hydrogen-bond acceptors (Lipinski definition) is 1. The normalized spacial score (nSPS) is 7.90. The first-order valence-corrected chi connectivity index (χ1v) is 3.68. The Labute approximate surface area is 66.8 Å². The maximum absolute atomic E-state index is 5.56. The average molecular weight is 158 g/mol. The molecule has 0 spiro atoms. The smallest absolute Gasteiger partial charge is 0.0407 e. The number of nitrogen functional groups attached to an aromatic ring is 1. The minimum absolute atomic E-state index is 0.721. The Morgan fingerprint density at radius 2 is 1.50 bits per heavy atom. The molecular formula is C8H12ClN. The fourth-order valence-corrected chi connectivity index (χ4v) is 0.589. The van der Waals surface area contributed by atoms with Gasteiger partial charge in [-0.25, -0.2) is 0 Å². The largest absolute Gasteiger partial charge is 0.399 e.